The Morgan fingerprint density at radius 3 is 2.70 bits per heavy atom. The molecule has 0 spiro atoms. The van der Waals surface area contributed by atoms with Gasteiger partial charge in [0.25, 0.3) is 0 Å². The number of methoxy groups -OCH3 is 1. The lowest BCUT2D eigenvalue weighted by Gasteiger charge is -2.15. The van der Waals surface area contributed by atoms with E-state index in [1.807, 2.05) is 39.1 Å². The number of rotatable bonds is 2. The SMILES string of the molecule is C=C1OB(c2cc3c(OC)cccc3n2C)OC1(C)C. The van der Waals surface area contributed by atoms with E-state index >= 15 is 0 Å². The van der Waals surface area contributed by atoms with Gasteiger partial charge >= 0.3 is 7.12 Å². The first kappa shape index (κ1) is 13.1. The monoisotopic (exact) mass is 271 g/mol. The zero-order valence-electron chi connectivity index (χ0n) is 12.3. The quantitative estimate of drug-likeness (QED) is 0.785. The second-order valence-electron chi connectivity index (χ2n) is 5.52. The Kier molecular flexibility index (Phi) is 2.83. The van der Waals surface area contributed by atoms with E-state index in [2.05, 4.69) is 17.2 Å². The van der Waals surface area contributed by atoms with E-state index in [1.165, 1.54) is 0 Å². The largest absolute Gasteiger partial charge is 0.580 e. The van der Waals surface area contributed by atoms with E-state index in [0.29, 0.717) is 5.76 Å². The van der Waals surface area contributed by atoms with Crippen molar-refractivity contribution in [1.29, 1.82) is 0 Å². The molecule has 2 aromatic rings. The molecular formula is C15H18BNO3. The van der Waals surface area contributed by atoms with Gasteiger partial charge in [-0.2, -0.15) is 0 Å². The molecule has 0 amide bonds. The second-order valence-corrected chi connectivity index (χ2v) is 5.52. The van der Waals surface area contributed by atoms with E-state index in [0.717, 1.165) is 22.2 Å². The average molecular weight is 271 g/mol. The lowest BCUT2D eigenvalue weighted by Crippen LogP contribution is -2.38. The topological polar surface area (TPSA) is 32.6 Å². The van der Waals surface area contributed by atoms with Crippen LogP contribution in [0.5, 0.6) is 5.75 Å². The van der Waals surface area contributed by atoms with Crippen LogP contribution in [0, 0.1) is 0 Å². The van der Waals surface area contributed by atoms with E-state index < -0.39 is 12.7 Å². The second kappa shape index (κ2) is 4.31. The number of ether oxygens (including phenoxy) is 1. The van der Waals surface area contributed by atoms with Gasteiger partial charge in [-0.3, -0.25) is 0 Å². The summed E-state index contributed by atoms with van der Waals surface area (Å²) in [6.45, 7) is 7.83. The third kappa shape index (κ3) is 1.81. The van der Waals surface area contributed by atoms with Crippen LogP contribution in [0.4, 0.5) is 0 Å². The Hall–Kier alpha value is -1.88. The summed E-state index contributed by atoms with van der Waals surface area (Å²) in [5.74, 6) is 1.50. The zero-order valence-corrected chi connectivity index (χ0v) is 12.3. The third-order valence-electron chi connectivity index (χ3n) is 3.87. The van der Waals surface area contributed by atoms with Gasteiger partial charge in [-0.05, 0) is 32.0 Å². The number of fused-ring (bicyclic) bond motifs is 1. The summed E-state index contributed by atoms with van der Waals surface area (Å²) >= 11 is 0. The molecule has 1 fully saturated rings. The minimum atomic E-state index is -0.467. The van der Waals surface area contributed by atoms with Crippen LogP contribution in [-0.2, 0) is 16.4 Å². The number of nitrogens with zero attached hydrogens (tertiary/aromatic N) is 1. The first-order valence-electron chi connectivity index (χ1n) is 6.60. The van der Waals surface area contributed by atoms with Crippen LogP contribution in [-0.4, -0.2) is 24.4 Å². The first-order valence-corrected chi connectivity index (χ1v) is 6.60. The molecule has 1 aliphatic rings. The third-order valence-corrected chi connectivity index (χ3v) is 3.87. The molecule has 5 heteroatoms. The summed E-state index contributed by atoms with van der Waals surface area (Å²) in [5.41, 5.74) is 1.57. The highest BCUT2D eigenvalue weighted by Gasteiger charge is 2.44. The molecule has 1 saturated heterocycles. The zero-order chi connectivity index (χ0) is 14.5. The Balaban J connectivity index is 2.10. The maximum Gasteiger partial charge on any atom is 0.580 e. The number of aryl methyl sites for hydroxylation is 1. The average Bonchev–Trinajstić information content (AvgIpc) is 2.88. The number of aromatic nitrogens is 1. The van der Waals surface area contributed by atoms with E-state index in [4.69, 9.17) is 14.0 Å². The molecule has 0 saturated carbocycles. The number of benzene rings is 1. The molecule has 0 atom stereocenters. The van der Waals surface area contributed by atoms with Crippen LogP contribution in [0.1, 0.15) is 13.8 Å². The summed E-state index contributed by atoms with van der Waals surface area (Å²) in [4.78, 5) is 0. The fourth-order valence-corrected chi connectivity index (χ4v) is 2.51. The van der Waals surface area contributed by atoms with Crippen molar-refractivity contribution in [2.45, 2.75) is 19.4 Å². The van der Waals surface area contributed by atoms with Gasteiger partial charge in [-0.1, -0.05) is 12.6 Å². The van der Waals surface area contributed by atoms with Crippen LogP contribution in [0.15, 0.2) is 36.6 Å². The van der Waals surface area contributed by atoms with E-state index in [9.17, 15) is 0 Å². The fraction of sp³-hybridized carbons (Fsp3) is 0.333. The highest BCUT2D eigenvalue weighted by molar-refractivity contribution is 6.62. The standard InChI is InChI=1S/C15H18BNO3/c1-10-15(2,3)20-16(19-10)14-9-11-12(17(14)4)7-6-8-13(11)18-5/h6-9H,1H2,2-5H3. The van der Waals surface area contributed by atoms with Crippen molar-refractivity contribution in [3.8, 4) is 5.75 Å². The normalized spacial score (nSPS) is 17.6. The van der Waals surface area contributed by atoms with Gasteiger partial charge in [0, 0.05) is 12.4 Å². The summed E-state index contributed by atoms with van der Waals surface area (Å²) in [5, 5.41) is 1.05. The van der Waals surface area contributed by atoms with Gasteiger partial charge < -0.3 is 18.6 Å². The summed E-state index contributed by atoms with van der Waals surface area (Å²) in [7, 11) is 3.24. The fourth-order valence-electron chi connectivity index (χ4n) is 2.51. The predicted molar refractivity (Wildman–Crippen MR) is 80.2 cm³/mol. The molecule has 0 bridgehead atoms. The Morgan fingerprint density at radius 2 is 2.10 bits per heavy atom. The van der Waals surface area contributed by atoms with Gasteiger partial charge in [0.05, 0.1) is 24.0 Å². The van der Waals surface area contributed by atoms with Crippen LogP contribution < -0.4 is 10.3 Å². The highest BCUT2D eigenvalue weighted by atomic mass is 16.7. The van der Waals surface area contributed by atoms with Crippen molar-refractivity contribution in [1.82, 2.24) is 4.57 Å². The van der Waals surface area contributed by atoms with Gasteiger partial charge in [0.1, 0.15) is 11.4 Å². The predicted octanol–water partition coefficient (Wildman–Crippen LogP) is 2.22. The van der Waals surface area contributed by atoms with Crippen LogP contribution >= 0.6 is 0 Å². The molecular weight excluding hydrogens is 253 g/mol. The molecule has 1 aromatic heterocycles. The lowest BCUT2D eigenvalue weighted by atomic mass is 9.84. The van der Waals surface area contributed by atoms with E-state index in [-0.39, 0.29) is 0 Å². The molecule has 1 aliphatic heterocycles. The first-order chi connectivity index (χ1) is 9.44. The maximum atomic E-state index is 5.95. The smallest absolute Gasteiger partial charge is 0.533 e. The molecule has 0 unspecified atom stereocenters. The Labute approximate surface area is 119 Å². The lowest BCUT2D eigenvalue weighted by molar-refractivity contribution is 0.172. The Bertz CT molecular complexity index is 690. The number of hydrogen-bond donors (Lipinski definition) is 0. The van der Waals surface area contributed by atoms with Crippen molar-refractivity contribution >= 4 is 23.6 Å². The molecule has 0 N–H and O–H groups in total. The summed E-state index contributed by atoms with van der Waals surface area (Å²) in [6.07, 6.45) is 0. The van der Waals surface area contributed by atoms with Crippen LogP contribution in [0.25, 0.3) is 10.9 Å². The van der Waals surface area contributed by atoms with Gasteiger partial charge in [0.2, 0.25) is 0 Å². The summed E-state index contributed by atoms with van der Waals surface area (Å²) < 4.78 is 19.2. The van der Waals surface area contributed by atoms with Crippen molar-refractivity contribution in [3.05, 3.63) is 36.6 Å². The minimum Gasteiger partial charge on any atom is -0.533 e. The van der Waals surface area contributed by atoms with Crippen molar-refractivity contribution in [3.63, 3.8) is 0 Å². The highest BCUT2D eigenvalue weighted by Crippen LogP contribution is 2.31. The van der Waals surface area contributed by atoms with Crippen LogP contribution in [0.3, 0.4) is 0 Å². The maximum absolute atomic E-state index is 5.95. The molecule has 2 heterocycles. The Morgan fingerprint density at radius 1 is 1.35 bits per heavy atom. The molecule has 0 aliphatic carbocycles. The van der Waals surface area contributed by atoms with Crippen molar-refractivity contribution in [2.24, 2.45) is 7.05 Å². The van der Waals surface area contributed by atoms with Crippen molar-refractivity contribution < 1.29 is 14.0 Å². The molecule has 0 radical (unpaired) electrons. The minimum absolute atomic E-state index is 0.431. The molecule has 4 nitrogen and oxygen atoms in total. The van der Waals surface area contributed by atoms with Gasteiger partial charge in [0.15, 0.2) is 0 Å². The molecule has 3 rings (SSSR count). The van der Waals surface area contributed by atoms with Crippen LogP contribution in [0.2, 0.25) is 0 Å². The summed E-state index contributed by atoms with van der Waals surface area (Å²) in [6, 6.07) is 8.03. The molecule has 20 heavy (non-hydrogen) atoms. The number of hydrogen-bond acceptors (Lipinski definition) is 3. The molecule has 104 valence electrons. The molecule has 1 aromatic carbocycles. The van der Waals surface area contributed by atoms with E-state index in [1.54, 1.807) is 7.11 Å². The van der Waals surface area contributed by atoms with Gasteiger partial charge in [-0.25, -0.2) is 0 Å². The van der Waals surface area contributed by atoms with Gasteiger partial charge in [-0.15, -0.1) is 0 Å². The van der Waals surface area contributed by atoms with Crippen molar-refractivity contribution in [2.75, 3.05) is 7.11 Å².